The highest BCUT2D eigenvalue weighted by molar-refractivity contribution is 7.71. The van der Waals surface area contributed by atoms with Gasteiger partial charge in [-0.15, -0.1) is 0 Å². The molecule has 1 atom stereocenters. The van der Waals surface area contributed by atoms with E-state index >= 15 is 0 Å². The number of hydrogen-bond donors (Lipinski definition) is 3. The summed E-state index contributed by atoms with van der Waals surface area (Å²) in [6.07, 6.45) is 1.60. The first kappa shape index (κ1) is 14.8. The van der Waals surface area contributed by atoms with Crippen LogP contribution in [0.1, 0.15) is 31.1 Å². The Morgan fingerprint density at radius 1 is 1.30 bits per heavy atom. The van der Waals surface area contributed by atoms with Crippen LogP contribution in [0.3, 0.4) is 0 Å². The van der Waals surface area contributed by atoms with Crippen LogP contribution < -0.4 is 5.32 Å². The average molecular weight is 292 g/mol. The zero-order valence-corrected chi connectivity index (χ0v) is 12.5. The third-order valence-electron chi connectivity index (χ3n) is 3.13. The van der Waals surface area contributed by atoms with Crippen molar-refractivity contribution in [3.8, 4) is 0 Å². The fourth-order valence-corrected chi connectivity index (χ4v) is 2.11. The fourth-order valence-electron chi connectivity index (χ4n) is 1.94. The predicted molar refractivity (Wildman–Crippen MR) is 82.6 cm³/mol. The van der Waals surface area contributed by atoms with Crippen molar-refractivity contribution in [2.75, 3.05) is 11.9 Å². The van der Waals surface area contributed by atoms with Crippen molar-refractivity contribution in [1.29, 1.82) is 0 Å². The lowest BCUT2D eigenvalue weighted by atomic mass is 10.0. The second-order valence-corrected chi connectivity index (χ2v) is 5.53. The Bertz CT molecular complexity index is 586. The number of oxazole rings is 1. The van der Waals surface area contributed by atoms with Crippen LogP contribution in [0.4, 0.5) is 5.69 Å². The molecule has 0 fully saturated rings. The van der Waals surface area contributed by atoms with Gasteiger partial charge >= 0.3 is 0 Å². The highest BCUT2D eigenvalue weighted by Crippen LogP contribution is 2.17. The van der Waals surface area contributed by atoms with E-state index in [0.717, 1.165) is 5.69 Å². The molecule has 2 aromatic rings. The van der Waals surface area contributed by atoms with E-state index in [1.54, 1.807) is 6.20 Å². The van der Waals surface area contributed by atoms with E-state index in [1.807, 2.05) is 12.1 Å². The zero-order valence-electron chi connectivity index (χ0n) is 11.7. The Labute approximate surface area is 123 Å². The van der Waals surface area contributed by atoms with E-state index in [2.05, 4.69) is 36.3 Å². The van der Waals surface area contributed by atoms with Gasteiger partial charge in [0.15, 0.2) is 0 Å². The smallest absolute Gasteiger partial charge is 0.266 e. The van der Waals surface area contributed by atoms with Gasteiger partial charge in [0.2, 0.25) is 0 Å². The van der Waals surface area contributed by atoms with E-state index in [-0.39, 0.29) is 0 Å². The molecule has 0 bridgehead atoms. The van der Waals surface area contributed by atoms with Gasteiger partial charge in [0, 0.05) is 24.8 Å². The molecule has 0 amide bonds. The number of rotatable bonds is 6. The highest BCUT2D eigenvalue weighted by Gasteiger charge is 2.08. The van der Waals surface area contributed by atoms with Crippen LogP contribution in [0.25, 0.3) is 0 Å². The summed E-state index contributed by atoms with van der Waals surface area (Å²) in [6.45, 7) is 4.80. The molecule has 5 heteroatoms. The van der Waals surface area contributed by atoms with Crippen LogP contribution >= 0.6 is 12.2 Å². The molecule has 1 aromatic carbocycles. The molecule has 0 aliphatic carbocycles. The molecule has 3 N–H and O–H groups in total. The van der Waals surface area contributed by atoms with Gasteiger partial charge < -0.3 is 19.8 Å². The summed E-state index contributed by atoms with van der Waals surface area (Å²) in [5.41, 5.74) is 2.31. The van der Waals surface area contributed by atoms with Crippen LogP contribution in [-0.2, 0) is 6.42 Å². The van der Waals surface area contributed by atoms with E-state index in [9.17, 15) is 5.11 Å². The molecular weight excluding hydrogens is 272 g/mol. The van der Waals surface area contributed by atoms with E-state index in [4.69, 9.17) is 16.6 Å². The number of aliphatic hydroxyl groups excluding tert-OH is 1. The largest absolute Gasteiger partial charge is 0.435 e. The van der Waals surface area contributed by atoms with Gasteiger partial charge in [0.25, 0.3) is 4.84 Å². The standard InChI is InChI=1S/C15H20N2O2S/c1-10(2)11-3-5-12(6-4-11)16-8-13(18)7-14-9-17-15(20)19-14/h3-6,9-10,13,16,18H,7-8H2,1-2H3,(H,17,20). The number of anilines is 1. The molecule has 1 heterocycles. The predicted octanol–water partition coefficient (Wildman–Crippen LogP) is 3.48. The number of benzene rings is 1. The van der Waals surface area contributed by atoms with Gasteiger partial charge in [0.1, 0.15) is 5.76 Å². The molecule has 0 aliphatic heterocycles. The summed E-state index contributed by atoms with van der Waals surface area (Å²) >= 11 is 4.84. The molecule has 108 valence electrons. The Morgan fingerprint density at radius 2 is 2.00 bits per heavy atom. The fraction of sp³-hybridized carbons (Fsp3) is 0.400. The Balaban J connectivity index is 1.83. The number of aromatic nitrogens is 1. The van der Waals surface area contributed by atoms with Crippen molar-refractivity contribution < 1.29 is 9.52 Å². The second-order valence-electron chi connectivity index (χ2n) is 5.16. The molecule has 0 aliphatic rings. The van der Waals surface area contributed by atoms with Crippen LogP contribution in [0.5, 0.6) is 0 Å². The molecule has 0 radical (unpaired) electrons. The van der Waals surface area contributed by atoms with E-state index in [0.29, 0.717) is 29.5 Å². The van der Waals surface area contributed by atoms with Crippen LogP contribution in [0.15, 0.2) is 34.9 Å². The maximum Gasteiger partial charge on any atom is 0.266 e. The molecular formula is C15H20N2O2S. The second kappa shape index (κ2) is 6.72. The van der Waals surface area contributed by atoms with E-state index < -0.39 is 6.10 Å². The third-order valence-corrected chi connectivity index (χ3v) is 3.33. The first-order chi connectivity index (χ1) is 9.54. The minimum atomic E-state index is -0.520. The minimum absolute atomic E-state index is 0.337. The zero-order chi connectivity index (χ0) is 14.5. The summed E-state index contributed by atoms with van der Waals surface area (Å²) < 4.78 is 5.22. The number of hydrogen-bond acceptors (Lipinski definition) is 4. The van der Waals surface area contributed by atoms with Crippen LogP contribution in [0, 0.1) is 4.84 Å². The van der Waals surface area contributed by atoms with Crippen molar-refractivity contribution in [1.82, 2.24) is 4.98 Å². The van der Waals surface area contributed by atoms with Crippen LogP contribution in [0.2, 0.25) is 0 Å². The number of aromatic amines is 1. The summed E-state index contributed by atoms with van der Waals surface area (Å²) in [7, 11) is 0. The number of H-pyrrole nitrogens is 1. The monoisotopic (exact) mass is 292 g/mol. The van der Waals surface area contributed by atoms with Gasteiger partial charge in [-0.1, -0.05) is 26.0 Å². The van der Waals surface area contributed by atoms with Gasteiger partial charge in [-0.2, -0.15) is 0 Å². The average Bonchev–Trinajstić information content (AvgIpc) is 2.82. The number of aliphatic hydroxyl groups is 1. The van der Waals surface area contributed by atoms with Crippen molar-refractivity contribution >= 4 is 17.9 Å². The molecule has 4 nitrogen and oxygen atoms in total. The number of nitrogens with one attached hydrogen (secondary N) is 2. The SMILES string of the molecule is CC(C)c1ccc(NCC(O)Cc2c[nH]c(=S)o2)cc1. The summed E-state index contributed by atoms with van der Waals surface area (Å²) in [5, 5.41) is 13.2. The lowest BCUT2D eigenvalue weighted by Crippen LogP contribution is -2.21. The van der Waals surface area contributed by atoms with Crippen molar-refractivity contribution in [3.63, 3.8) is 0 Å². The Morgan fingerprint density at radius 3 is 2.55 bits per heavy atom. The van der Waals surface area contributed by atoms with Gasteiger partial charge in [-0.3, -0.25) is 0 Å². The maximum atomic E-state index is 9.95. The maximum absolute atomic E-state index is 9.95. The van der Waals surface area contributed by atoms with Gasteiger partial charge in [-0.05, 0) is 35.8 Å². The van der Waals surface area contributed by atoms with Gasteiger partial charge in [-0.25, -0.2) is 0 Å². The lowest BCUT2D eigenvalue weighted by molar-refractivity contribution is 0.180. The molecule has 20 heavy (non-hydrogen) atoms. The first-order valence-electron chi connectivity index (χ1n) is 6.74. The summed E-state index contributed by atoms with van der Waals surface area (Å²) in [4.78, 5) is 3.12. The summed E-state index contributed by atoms with van der Waals surface area (Å²) in [6, 6.07) is 8.27. The van der Waals surface area contributed by atoms with E-state index in [1.165, 1.54) is 5.56 Å². The molecule has 1 aromatic heterocycles. The van der Waals surface area contributed by atoms with Gasteiger partial charge in [0.05, 0.1) is 6.10 Å². The first-order valence-corrected chi connectivity index (χ1v) is 7.14. The highest BCUT2D eigenvalue weighted by atomic mass is 32.1. The van der Waals surface area contributed by atoms with Crippen molar-refractivity contribution in [2.24, 2.45) is 0 Å². The van der Waals surface area contributed by atoms with Crippen molar-refractivity contribution in [3.05, 3.63) is 46.6 Å². The lowest BCUT2D eigenvalue weighted by Gasteiger charge is -2.12. The normalized spacial score (nSPS) is 12.6. The minimum Gasteiger partial charge on any atom is -0.435 e. The molecule has 2 rings (SSSR count). The molecule has 0 spiro atoms. The summed E-state index contributed by atoms with van der Waals surface area (Å²) in [5.74, 6) is 1.19. The molecule has 1 unspecified atom stereocenters. The Hall–Kier alpha value is -1.59. The quantitative estimate of drug-likeness (QED) is 0.713. The Kier molecular flexibility index (Phi) is 4.98. The molecule has 0 saturated heterocycles. The molecule has 0 saturated carbocycles. The third kappa shape index (κ3) is 4.21. The topological polar surface area (TPSA) is 61.2 Å². The van der Waals surface area contributed by atoms with Crippen molar-refractivity contribution in [2.45, 2.75) is 32.3 Å². The van der Waals surface area contributed by atoms with Crippen LogP contribution in [-0.4, -0.2) is 22.7 Å².